The van der Waals surface area contributed by atoms with Crippen LogP contribution in [0.5, 0.6) is 0 Å². The van der Waals surface area contributed by atoms with E-state index in [0.29, 0.717) is 12.1 Å². The highest BCUT2D eigenvalue weighted by molar-refractivity contribution is 5.98. The molecule has 2 aromatic rings. The Hall–Kier alpha value is -2.62. The lowest BCUT2D eigenvalue weighted by molar-refractivity contribution is -0.121. The normalized spacial score (nSPS) is 10.2. The molecule has 23 heavy (non-hydrogen) atoms. The van der Waals surface area contributed by atoms with Crippen LogP contribution in [0.1, 0.15) is 35.7 Å². The highest BCUT2D eigenvalue weighted by Crippen LogP contribution is 2.13. The van der Waals surface area contributed by atoms with Crippen LogP contribution in [-0.2, 0) is 4.79 Å². The van der Waals surface area contributed by atoms with Crippen molar-refractivity contribution in [2.75, 3.05) is 11.6 Å². The van der Waals surface area contributed by atoms with Crippen LogP contribution in [-0.4, -0.2) is 18.2 Å². The monoisotopic (exact) mass is 310 g/mol. The quantitative estimate of drug-likeness (QED) is 0.629. The number of ketones is 1. The lowest BCUT2D eigenvalue weighted by atomic mass is 10.1. The largest absolute Gasteiger partial charge is 0.294 e. The van der Waals surface area contributed by atoms with Gasteiger partial charge in [0.2, 0.25) is 5.91 Å². The molecule has 0 heterocycles. The van der Waals surface area contributed by atoms with Crippen molar-refractivity contribution < 1.29 is 9.59 Å². The molecule has 1 amide bonds. The molecule has 2 aromatic carbocycles. The molecule has 0 saturated carbocycles. The molecule has 0 atom stereocenters. The minimum absolute atomic E-state index is 0.0147. The van der Waals surface area contributed by atoms with Gasteiger partial charge in [-0.1, -0.05) is 48.0 Å². The van der Waals surface area contributed by atoms with Crippen molar-refractivity contribution in [3.63, 3.8) is 0 Å². The number of benzene rings is 2. The summed E-state index contributed by atoms with van der Waals surface area (Å²) in [6.07, 6.45) is 0.386. The summed E-state index contributed by atoms with van der Waals surface area (Å²) in [5.74, 6) is -0.171. The number of rotatable bonds is 7. The molecule has 0 aliphatic heterocycles. The second-order valence-corrected chi connectivity index (χ2v) is 5.40. The van der Waals surface area contributed by atoms with E-state index in [-0.39, 0.29) is 24.5 Å². The number of carbonyl (C=O) groups excluding carboxylic acids is 2. The maximum atomic E-state index is 12.1. The Balaban J connectivity index is 1.88. The van der Waals surface area contributed by atoms with Gasteiger partial charge in [-0.05, 0) is 26.0 Å². The van der Waals surface area contributed by atoms with E-state index < -0.39 is 0 Å². The minimum atomic E-state index is -0.156. The highest BCUT2D eigenvalue weighted by atomic mass is 16.2. The van der Waals surface area contributed by atoms with Crippen LogP contribution in [0.25, 0.3) is 0 Å². The number of aryl methyl sites for hydroxylation is 1. The number of amides is 1. The first-order valence-corrected chi connectivity index (χ1v) is 7.82. The number of hydrazine groups is 1. The Morgan fingerprint density at radius 2 is 1.61 bits per heavy atom. The van der Waals surface area contributed by atoms with Gasteiger partial charge in [0, 0.05) is 24.9 Å². The Morgan fingerprint density at radius 1 is 0.957 bits per heavy atom. The van der Waals surface area contributed by atoms with Gasteiger partial charge in [-0.15, -0.1) is 0 Å². The zero-order chi connectivity index (χ0) is 16.7. The first kappa shape index (κ1) is 16.7. The first-order valence-electron chi connectivity index (χ1n) is 7.82. The summed E-state index contributed by atoms with van der Waals surface area (Å²) in [4.78, 5) is 24.1. The third-order valence-electron chi connectivity index (χ3n) is 3.60. The molecule has 0 aliphatic rings. The molecule has 0 bridgehead atoms. The van der Waals surface area contributed by atoms with E-state index in [1.54, 1.807) is 17.1 Å². The predicted molar refractivity (Wildman–Crippen MR) is 92.3 cm³/mol. The van der Waals surface area contributed by atoms with E-state index in [9.17, 15) is 9.59 Å². The third kappa shape index (κ3) is 4.95. The predicted octanol–water partition coefficient (Wildman–Crippen LogP) is 3.52. The molecule has 0 unspecified atom stereocenters. The summed E-state index contributed by atoms with van der Waals surface area (Å²) in [7, 11) is 0. The van der Waals surface area contributed by atoms with Crippen molar-refractivity contribution in [2.24, 2.45) is 0 Å². The van der Waals surface area contributed by atoms with Crippen LogP contribution in [0, 0.1) is 6.92 Å². The molecule has 0 saturated heterocycles. The highest BCUT2D eigenvalue weighted by Gasteiger charge is 2.12. The number of carbonyl (C=O) groups is 2. The number of anilines is 1. The number of nitrogens with zero attached hydrogens (tertiary/aromatic N) is 1. The average Bonchev–Trinajstić information content (AvgIpc) is 2.59. The van der Waals surface area contributed by atoms with Crippen molar-refractivity contribution in [3.8, 4) is 0 Å². The lowest BCUT2D eigenvalue weighted by Crippen LogP contribution is -2.42. The summed E-state index contributed by atoms with van der Waals surface area (Å²) >= 11 is 0. The van der Waals surface area contributed by atoms with Gasteiger partial charge in [0.05, 0.1) is 5.69 Å². The number of hydrogen-bond donors (Lipinski definition) is 1. The van der Waals surface area contributed by atoms with Gasteiger partial charge >= 0.3 is 0 Å². The Bertz CT molecular complexity index is 651. The van der Waals surface area contributed by atoms with Crippen LogP contribution in [0.15, 0.2) is 54.6 Å². The fourth-order valence-electron chi connectivity index (χ4n) is 2.25. The smallest absolute Gasteiger partial charge is 0.238 e. The van der Waals surface area contributed by atoms with Gasteiger partial charge in [0.25, 0.3) is 0 Å². The van der Waals surface area contributed by atoms with Crippen molar-refractivity contribution in [3.05, 3.63) is 65.7 Å². The molecule has 1 N–H and O–H groups in total. The van der Waals surface area contributed by atoms with E-state index in [4.69, 9.17) is 0 Å². The summed E-state index contributed by atoms with van der Waals surface area (Å²) in [6.45, 7) is 4.64. The number of nitrogens with one attached hydrogen (secondary N) is 1. The van der Waals surface area contributed by atoms with E-state index in [1.807, 2.05) is 56.3 Å². The molecule has 0 aromatic heterocycles. The molecule has 2 rings (SSSR count). The van der Waals surface area contributed by atoms with E-state index in [0.717, 1.165) is 5.69 Å². The average molecular weight is 310 g/mol. The molecule has 0 spiro atoms. The van der Waals surface area contributed by atoms with E-state index in [1.165, 1.54) is 5.56 Å². The van der Waals surface area contributed by atoms with Gasteiger partial charge in [-0.2, -0.15) is 0 Å². The third-order valence-corrected chi connectivity index (χ3v) is 3.60. The molecule has 4 nitrogen and oxygen atoms in total. The molecule has 0 fully saturated rings. The van der Waals surface area contributed by atoms with Gasteiger partial charge in [-0.3, -0.25) is 20.0 Å². The fourth-order valence-corrected chi connectivity index (χ4v) is 2.25. The lowest BCUT2D eigenvalue weighted by Gasteiger charge is -2.23. The van der Waals surface area contributed by atoms with E-state index in [2.05, 4.69) is 5.43 Å². The zero-order valence-corrected chi connectivity index (χ0v) is 13.6. The van der Waals surface area contributed by atoms with Gasteiger partial charge in [0.15, 0.2) is 5.78 Å². The van der Waals surface area contributed by atoms with Crippen LogP contribution in [0.3, 0.4) is 0 Å². The summed E-state index contributed by atoms with van der Waals surface area (Å²) in [6, 6.07) is 17.0. The second-order valence-electron chi connectivity index (χ2n) is 5.40. The van der Waals surface area contributed by atoms with Crippen LogP contribution in [0.4, 0.5) is 5.69 Å². The number of Topliss-reactive ketones (excluding diaryl/α,β-unsaturated/α-hetero) is 1. The van der Waals surface area contributed by atoms with Gasteiger partial charge in [-0.25, -0.2) is 0 Å². The van der Waals surface area contributed by atoms with Gasteiger partial charge in [0.1, 0.15) is 0 Å². The SMILES string of the molecule is CCN(NC(=O)CCC(=O)c1ccccc1)c1ccc(C)cc1. The van der Waals surface area contributed by atoms with Crippen LogP contribution < -0.4 is 10.4 Å². The Morgan fingerprint density at radius 3 is 2.22 bits per heavy atom. The van der Waals surface area contributed by atoms with Crippen molar-refractivity contribution in [1.82, 2.24) is 5.43 Å². The van der Waals surface area contributed by atoms with Crippen molar-refractivity contribution in [1.29, 1.82) is 0 Å². The maximum Gasteiger partial charge on any atom is 0.238 e. The molecule has 4 heteroatoms. The number of hydrogen-bond acceptors (Lipinski definition) is 3. The zero-order valence-electron chi connectivity index (χ0n) is 13.6. The van der Waals surface area contributed by atoms with Crippen LogP contribution >= 0.6 is 0 Å². The molecule has 0 aliphatic carbocycles. The summed E-state index contributed by atoms with van der Waals surface area (Å²) in [5.41, 5.74) is 5.60. The van der Waals surface area contributed by atoms with Crippen molar-refractivity contribution in [2.45, 2.75) is 26.7 Å². The second kappa shape index (κ2) is 8.13. The molecule has 0 radical (unpaired) electrons. The van der Waals surface area contributed by atoms with Crippen LogP contribution in [0.2, 0.25) is 0 Å². The first-order chi connectivity index (χ1) is 11.1. The summed E-state index contributed by atoms with van der Waals surface area (Å²) < 4.78 is 0. The summed E-state index contributed by atoms with van der Waals surface area (Å²) in [5, 5.41) is 1.79. The topological polar surface area (TPSA) is 49.4 Å². The van der Waals surface area contributed by atoms with Gasteiger partial charge < -0.3 is 0 Å². The minimum Gasteiger partial charge on any atom is -0.294 e. The van der Waals surface area contributed by atoms with E-state index >= 15 is 0 Å². The van der Waals surface area contributed by atoms with Crippen molar-refractivity contribution >= 4 is 17.4 Å². The molecular weight excluding hydrogens is 288 g/mol. The molecule has 120 valence electrons. The molecular formula is C19H22N2O2. The Kier molecular flexibility index (Phi) is 5.92. The maximum absolute atomic E-state index is 12.1. The fraction of sp³-hybridized carbons (Fsp3) is 0.263. The Labute approximate surface area is 137 Å². The standard InChI is InChI=1S/C19H22N2O2/c1-3-21(17-11-9-15(2)10-12-17)20-19(23)14-13-18(22)16-7-5-4-6-8-16/h4-12H,3,13-14H2,1-2H3,(H,20,23).